The van der Waals surface area contributed by atoms with Crippen LogP contribution in [0, 0.1) is 0 Å². The second kappa shape index (κ2) is 4.55. The summed E-state index contributed by atoms with van der Waals surface area (Å²) in [7, 11) is 0. The van der Waals surface area contributed by atoms with E-state index in [1.807, 2.05) is 0 Å². The summed E-state index contributed by atoms with van der Waals surface area (Å²) < 4.78 is 61.1. The molecule has 1 heterocycles. The first kappa shape index (κ1) is 13.8. The van der Waals surface area contributed by atoms with Gasteiger partial charge in [0.05, 0.1) is 11.1 Å². The van der Waals surface area contributed by atoms with Gasteiger partial charge in [0.15, 0.2) is 5.69 Å². The summed E-state index contributed by atoms with van der Waals surface area (Å²) >= 11 is 2.40. The average molecular weight is 320 g/mol. The van der Waals surface area contributed by atoms with E-state index in [1.54, 1.807) is 0 Å². The normalized spacial score (nSPS) is 11.9. The van der Waals surface area contributed by atoms with Crippen LogP contribution < -0.4 is 0 Å². The molecule has 0 fully saturated rings. The van der Waals surface area contributed by atoms with Gasteiger partial charge < -0.3 is 5.11 Å². The number of aromatic carboxylic acids is 1. The van der Waals surface area contributed by atoms with E-state index in [1.165, 1.54) is 0 Å². The third kappa shape index (κ3) is 2.90. The van der Waals surface area contributed by atoms with Crippen LogP contribution in [-0.4, -0.2) is 16.1 Å². The number of rotatable bonds is 2. The van der Waals surface area contributed by atoms with Gasteiger partial charge in [-0.25, -0.2) is 18.6 Å². The Bertz CT molecular complexity index is 460. The van der Waals surface area contributed by atoms with Crippen molar-refractivity contribution in [3.05, 3.63) is 27.5 Å². The van der Waals surface area contributed by atoms with E-state index in [0.29, 0.717) is 0 Å². The van der Waals surface area contributed by atoms with E-state index < -0.39 is 40.0 Å². The molecule has 3 nitrogen and oxygen atoms in total. The van der Waals surface area contributed by atoms with Crippen molar-refractivity contribution in [2.75, 3.05) is 0 Å². The van der Waals surface area contributed by atoms with E-state index in [0.717, 1.165) is 0 Å². The summed E-state index contributed by atoms with van der Waals surface area (Å²) in [5.74, 6) is -1.82. The van der Waals surface area contributed by atoms with Gasteiger partial charge in [0, 0.05) is 0 Å². The van der Waals surface area contributed by atoms with Crippen LogP contribution in [0.5, 0.6) is 0 Å². The number of carbonyl (C=O) groups is 1. The first-order valence-corrected chi connectivity index (χ1v) is 4.73. The van der Waals surface area contributed by atoms with E-state index in [-0.39, 0.29) is 6.07 Å². The third-order valence-corrected chi connectivity index (χ3v) is 2.35. The molecule has 0 amide bonds. The van der Waals surface area contributed by atoms with Crippen molar-refractivity contribution in [2.24, 2.45) is 0 Å². The predicted octanol–water partition coefficient (Wildman–Crippen LogP) is 3.50. The van der Waals surface area contributed by atoms with Crippen molar-refractivity contribution in [3.8, 4) is 0 Å². The molecule has 1 N–H and O–H groups in total. The maximum absolute atomic E-state index is 12.4. The summed E-state index contributed by atoms with van der Waals surface area (Å²) in [6, 6.07) is 0.0746. The molecule has 0 atom stereocenters. The molecule has 17 heavy (non-hydrogen) atoms. The molecule has 0 saturated heterocycles. The maximum Gasteiger partial charge on any atom is 0.419 e. The summed E-state index contributed by atoms with van der Waals surface area (Å²) in [5.41, 5.74) is -3.83. The Balaban J connectivity index is 3.51. The van der Waals surface area contributed by atoms with Crippen molar-refractivity contribution in [1.29, 1.82) is 0 Å². The van der Waals surface area contributed by atoms with Gasteiger partial charge in [0.25, 0.3) is 6.43 Å². The zero-order chi connectivity index (χ0) is 13.4. The maximum atomic E-state index is 12.4. The van der Waals surface area contributed by atoms with Crippen LogP contribution in [0.4, 0.5) is 22.0 Å². The molecule has 1 rings (SSSR count). The number of nitrogens with zero attached hydrogens (tertiary/aromatic N) is 1. The van der Waals surface area contributed by atoms with Gasteiger partial charge >= 0.3 is 12.1 Å². The SMILES string of the molecule is O=C(O)c1nc(Br)c(C(F)(F)F)cc1C(F)F. The molecular weight excluding hydrogens is 317 g/mol. The Morgan fingerprint density at radius 1 is 1.41 bits per heavy atom. The number of halogens is 6. The molecule has 0 bridgehead atoms. The standard InChI is InChI=1S/C8H3BrF5NO2/c9-5-3(8(12,13)14)1-2(6(10)11)4(15-5)7(16)17/h1,6H,(H,16,17). The highest BCUT2D eigenvalue weighted by Crippen LogP contribution is 2.37. The minimum absolute atomic E-state index is 0.0746. The molecule has 0 aliphatic heterocycles. The van der Waals surface area contributed by atoms with Crippen molar-refractivity contribution in [1.82, 2.24) is 4.98 Å². The highest BCUT2D eigenvalue weighted by Gasteiger charge is 2.36. The summed E-state index contributed by atoms with van der Waals surface area (Å²) in [4.78, 5) is 13.5. The van der Waals surface area contributed by atoms with Crippen molar-refractivity contribution in [3.63, 3.8) is 0 Å². The third-order valence-electron chi connectivity index (χ3n) is 1.75. The molecule has 0 aromatic carbocycles. The van der Waals surface area contributed by atoms with Gasteiger partial charge in [-0.1, -0.05) is 0 Å². The molecule has 1 aromatic rings. The number of carboxylic acid groups (broad SMARTS) is 1. The fourth-order valence-electron chi connectivity index (χ4n) is 1.04. The highest BCUT2D eigenvalue weighted by atomic mass is 79.9. The molecule has 0 unspecified atom stereocenters. The second-order valence-electron chi connectivity index (χ2n) is 2.87. The summed E-state index contributed by atoms with van der Waals surface area (Å²) in [6.07, 6.45) is -8.25. The molecule has 0 spiro atoms. The van der Waals surface area contributed by atoms with Crippen LogP contribution >= 0.6 is 15.9 Å². The molecule has 0 aliphatic rings. The van der Waals surface area contributed by atoms with Crippen LogP contribution in [0.1, 0.15) is 28.0 Å². The number of alkyl halides is 5. The van der Waals surface area contributed by atoms with Gasteiger partial charge in [-0.2, -0.15) is 13.2 Å². The molecule has 0 saturated carbocycles. The molecule has 0 radical (unpaired) electrons. The summed E-state index contributed by atoms with van der Waals surface area (Å²) in [6.45, 7) is 0. The number of aromatic nitrogens is 1. The minimum Gasteiger partial charge on any atom is -0.476 e. The molecule has 9 heteroatoms. The fraction of sp³-hybridized carbons (Fsp3) is 0.250. The van der Waals surface area contributed by atoms with Gasteiger partial charge in [-0.05, 0) is 22.0 Å². The van der Waals surface area contributed by atoms with E-state index in [2.05, 4.69) is 20.9 Å². The predicted molar refractivity (Wildman–Crippen MR) is 48.9 cm³/mol. The number of hydrogen-bond donors (Lipinski definition) is 1. The van der Waals surface area contributed by atoms with E-state index in [9.17, 15) is 26.7 Å². The fourth-order valence-corrected chi connectivity index (χ4v) is 1.56. The van der Waals surface area contributed by atoms with Crippen LogP contribution in [0.3, 0.4) is 0 Å². The van der Waals surface area contributed by atoms with E-state index >= 15 is 0 Å². The van der Waals surface area contributed by atoms with Gasteiger partial charge in [-0.3, -0.25) is 0 Å². The molecule has 94 valence electrons. The van der Waals surface area contributed by atoms with Crippen LogP contribution in [0.2, 0.25) is 0 Å². The number of carboxylic acids is 1. The summed E-state index contributed by atoms with van der Waals surface area (Å²) in [5, 5.41) is 8.53. The quantitative estimate of drug-likeness (QED) is 0.670. The molecular formula is C8H3BrF5NO2. The average Bonchev–Trinajstić information content (AvgIpc) is 2.14. The zero-order valence-corrected chi connectivity index (χ0v) is 9.31. The Labute approximate surface area is 99.4 Å². The highest BCUT2D eigenvalue weighted by molar-refractivity contribution is 9.10. The van der Waals surface area contributed by atoms with E-state index in [4.69, 9.17) is 5.11 Å². The topological polar surface area (TPSA) is 50.2 Å². The lowest BCUT2D eigenvalue weighted by atomic mass is 10.1. The van der Waals surface area contributed by atoms with Gasteiger partial charge in [-0.15, -0.1) is 0 Å². The van der Waals surface area contributed by atoms with Gasteiger partial charge in [0.1, 0.15) is 4.60 Å². The van der Waals surface area contributed by atoms with Crippen molar-refractivity contribution >= 4 is 21.9 Å². The van der Waals surface area contributed by atoms with Crippen LogP contribution in [0.15, 0.2) is 10.7 Å². The monoisotopic (exact) mass is 319 g/mol. The van der Waals surface area contributed by atoms with Crippen molar-refractivity contribution in [2.45, 2.75) is 12.6 Å². The van der Waals surface area contributed by atoms with Crippen molar-refractivity contribution < 1.29 is 31.9 Å². The molecule has 0 aliphatic carbocycles. The molecule has 1 aromatic heterocycles. The first-order valence-electron chi connectivity index (χ1n) is 3.93. The van der Waals surface area contributed by atoms with Crippen LogP contribution in [0.25, 0.3) is 0 Å². The number of pyridine rings is 1. The minimum atomic E-state index is -4.90. The largest absolute Gasteiger partial charge is 0.476 e. The Hall–Kier alpha value is -1.25. The zero-order valence-electron chi connectivity index (χ0n) is 7.73. The Morgan fingerprint density at radius 3 is 2.29 bits per heavy atom. The lowest BCUT2D eigenvalue weighted by Crippen LogP contribution is -2.13. The van der Waals surface area contributed by atoms with Gasteiger partial charge in [0.2, 0.25) is 0 Å². The number of hydrogen-bond acceptors (Lipinski definition) is 2. The first-order chi connectivity index (χ1) is 7.64. The second-order valence-corrected chi connectivity index (χ2v) is 3.62. The smallest absolute Gasteiger partial charge is 0.419 e. The lowest BCUT2D eigenvalue weighted by Gasteiger charge is -2.12. The Kier molecular flexibility index (Phi) is 3.70. The Morgan fingerprint density at radius 2 is 1.94 bits per heavy atom. The lowest BCUT2D eigenvalue weighted by molar-refractivity contribution is -0.138. The van der Waals surface area contributed by atoms with Crippen LogP contribution in [-0.2, 0) is 6.18 Å².